The number of aliphatic carboxylic acids is 1. The highest BCUT2D eigenvalue weighted by Crippen LogP contribution is 2.55. The number of nitrogens with two attached hydrogens (primary N) is 1. The number of phenolic OH excluding ortho intramolecular Hbond substituents is 1. The fourth-order valence-corrected chi connectivity index (χ4v) is 6.33. The Bertz CT molecular complexity index is 1870. The number of nitrogens with one attached hydrogen (secondary N) is 1. The second-order valence-electron chi connectivity index (χ2n) is 12.3. The summed E-state index contributed by atoms with van der Waals surface area (Å²) in [4.78, 5) is 43.6. The van der Waals surface area contributed by atoms with Gasteiger partial charge in [-0.25, -0.2) is 5.48 Å². The monoisotopic (exact) mass is 725 g/mol. The van der Waals surface area contributed by atoms with Crippen LogP contribution in [0.1, 0.15) is 40.7 Å². The highest BCUT2D eigenvalue weighted by molar-refractivity contribution is 5.90. The van der Waals surface area contributed by atoms with Crippen molar-refractivity contribution < 1.29 is 73.0 Å². The molecule has 0 bridgehead atoms. The van der Waals surface area contributed by atoms with Crippen molar-refractivity contribution in [3.63, 3.8) is 0 Å². The third-order valence-electron chi connectivity index (χ3n) is 8.88. The number of aliphatic hydroxyl groups excluding tert-OH is 2. The first-order chi connectivity index (χ1) is 25.1. The average Bonchev–Trinajstić information content (AvgIpc) is 3.73. The van der Waals surface area contributed by atoms with Gasteiger partial charge in [0, 0.05) is 36.2 Å². The SMILES string of the molecule is CN=C(N)NOC1C(O)C(COC(=O)CC(=O)O)OC(O)C1OOc1cc2c(cc1Cc1cccc(O)c1)OCC1c3cc4c(cc3OC21)OCO4. The number of fused-ring (bicyclic) bond motifs is 6. The number of phenols is 1. The fourth-order valence-electron chi connectivity index (χ4n) is 6.33. The van der Waals surface area contributed by atoms with E-state index in [2.05, 4.69) is 10.5 Å². The molecule has 3 aromatic carbocycles. The summed E-state index contributed by atoms with van der Waals surface area (Å²) >= 11 is 0. The maximum atomic E-state index is 11.8. The van der Waals surface area contributed by atoms with Gasteiger partial charge in [0.15, 0.2) is 29.6 Å². The molecule has 3 aromatic rings. The Labute approximate surface area is 295 Å². The molecule has 0 saturated carbocycles. The van der Waals surface area contributed by atoms with Crippen molar-refractivity contribution in [3.05, 3.63) is 70.8 Å². The van der Waals surface area contributed by atoms with E-state index in [0.717, 1.165) is 11.1 Å². The molecule has 18 heteroatoms. The van der Waals surface area contributed by atoms with Gasteiger partial charge in [-0.15, -0.1) is 0 Å². The van der Waals surface area contributed by atoms with Gasteiger partial charge in [0.05, 0.1) is 12.5 Å². The third kappa shape index (κ3) is 7.14. The topological polar surface area (TPSA) is 249 Å². The molecular weight excluding hydrogens is 690 g/mol. The maximum Gasteiger partial charge on any atom is 0.317 e. The minimum Gasteiger partial charge on any atom is -0.508 e. The van der Waals surface area contributed by atoms with E-state index in [1.807, 2.05) is 12.1 Å². The molecule has 0 radical (unpaired) electrons. The Morgan fingerprint density at radius 2 is 1.81 bits per heavy atom. The van der Waals surface area contributed by atoms with E-state index < -0.39 is 61.8 Å². The molecule has 7 atom stereocenters. The predicted molar refractivity (Wildman–Crippen MR) is 173 cm³/mol. The number of ether oxygens (including phenoxy) is 6. The van der Waals surface area contributed by atoms with Gasteiger partial charge >= 0.3 is 11.9 Å². The van der Waals surface area contributed by atoms with E-state index in [0.29, 0.717) is 40.7 Å². The first kappa shape index (κ1) is 34.9. The summed E-state index contributed by atoms with van der Waals surface area (Å²) in [7, 11) is 1.38. The lowest BCUT2D eigenvalue weighted by Gasteiger charge is -2.40. The number of carbonyl (C=O) groups is 2. The number of hydroxylamine groups is 1. The number of carbonyl (C=O) groups excluding carboxylic acids is 1. The summed E-state index contributed by atoms with van der Waals surface area (Å²) in [6.07, 6.45) is -9.04. The van der Waals surface area contributed by atoms with Crippen LogP contribution in [0.25, 0.3) is 0 Å². The lowest BCUT2D eigenvalue weighted by molar-refractivity contribution is -0.372. The lowest BCUT2D eigenvalue weighted by Crippen LogP contribution is -2.62. The number of esters is 1. The van der Waals surface area contributed by atoms with Crippen molar-refractivity contribution in [1.29, 1.82) is 0 Å². The van der Waals surface area contributed by atoms with Crippen LogP contribution in [-0.2, 0) is 35.2 Å². The lowest BCUT2D eigenvalue weighted by atomic mass is 9.88. The summed E-state index contributed by atoms with van der Waals surface area (Å²) in [6, 6.07) is 13.8. The molecule has 7 N–H and O–H groups in total. The largest absolute Gasteiger partial charge is 0.508 e. The first-order valence-corrected chi connectivity index (χ1v) is 16.1. The predicted octanol–water partition coefficient (Wildman–Crippen LogP) is 0.931. The van der Waals surface area contributed by atoms with Crippen molar-refractivity contribution >= 4 is 17.9 Å². The minimum atomic E-state index is -1.84. The molecule has 7 unspecified atom stereocenters. The van der Waals surface area contributed by atoms with Crippen LogP contribution in [-0.4, -0.2) is 96.1 Å². The molecule has 4 heterocycles. The molecule has 52 heavy (non-hydrogen) atoms. The number of benzene rings is 3. The van der Waals surface area contributed by atoms with Gasteiger partial charge in [0.25, 0.3) is 0 Å². The van der Waals surface area contributed by atoms with E-state index in [4.69, 9.17) is 53.9 Å². The molecular formula is C34H35N3O15. The molecule has 18 nitrogen and oxygen atoms in total. The Balaban J connectivity index is 1.16. The molecule has 7 rings (SSSR count). The van der Waals surface area contributed by atoms with Gasteiger partial charge in [-0.05, 0) is 35.9 Å². The molecule has 1 fully saturated rings. The van der Waals surface area contributed by atoms with Crippen LogP contribution in [0.2, 0.25) is 0 Å². The quantitative estimate of drug-likeness (QED) is 0.0402. The minimum absolute atomic E-state index is 0.0623. The molecule has 0 aromatic heterocycles. The van der Waals surface area contributed by atoms with Crippen LogP contribution in [0.15, 0.2) is 53.5 Å². The van der Waals surface area contributed by atoms with Crippen molar-refractivity contribution in [2.24, 2.45) is 10.7 Å². The number of aliphatic hydroxyl groups is 2. The van der Waals surface area contributed by atoms with Crippen LogP contribution in [0, 0.1) is 0 Å². The van der Waals surface area contributed by atoms with Crippen LogP contribution in [0.4, 0.5) is 0 Å². The summed E-state index contributed by atoms with van der Waals surface area (Å²) in [5, 5.41) is 41.2. The van der Waals surface area contributed by atoms with E-state index in [1.54, 1.807) is 36.4 Å². The van der Waals surface area contributed by atoms with Crippen LogP contribution in [0.3, 0.4) is 0 Å². The van der Waals surface area contributed by atoms with Gasteiger partial charge in [0.1, 0.15) is 54.7 Å². The Morgan fingerprint density at radius 3 is 2.58 bits per heavy atom. The third-order valence-corrected chi connectivity index (χ3v) is 8.88. The van der Waals surface area contributed by atoms with Gasteiger partial charge in [-0.1, -0.05) is 12.1 Å². The molecule has 1 saturated heterocycles. The molecule has 4 aliphatic heterocycles. The second-order valence-corrected chi connectivity index (χ2v) is 12.3. The fraction of sp³-hybridized carbons (Fsp3) is 0.382. The summed E-state index contributed by atoms with van der Waals surface area (Å²) in [6.45, 7) is -0.187. The van der Waals surface area contributed by atoms with Crippen molar-refractivity contribution in [3.8, 4) is 34.5 Å². The first-order valence-electron chi connectivity index (χ1n) is 16.1. The van der Waals surface area contributed by atoms with Crippen molar-refractivity contribution in [2.45, 2.75) is 55.6 Å². The van der Waals surface area contributed by atoms with E-state index in [9.17, 15) is 24.9 Å². The molecule has 0 spiro atoms. The number of aliphatic imine (C=N–C) groups is 1. The number of carboxylic acid groups (broad SMARTS) is 1. The number of hydrogen-bond acceptors (Lipinski definition) is 15. The highest BCUT2D eigenvalue weighted by atomic mass is 17.2. The van der Waals surface area contributed by atoms with Crippen LogP contribution in [0.5, 0.6) is 34.5 Å². The Kier molecular flexibility index (Phi) is 9.80. The standard InChI is InChI=1S/C34H35N3O15/c1-36-34(35)37-50-31-29(42)26(13-45-28(41)11-27(39)40)49-33(43)32(31)52-51-21-9-19-22(7-16(21)5-15-3-2-4-17(38)6-15)44-12-20-18-8-24-25(47-14-46-24)10-23(18)48-30(19)20/h2-4,6-10,20,26,29-33,38,42-43H,5,11-14H2,1H3,(H,39,40)(H3,35,36,37). The van der Waals surface area contributed by atoms with Crippen LogP contribution >= 0.6 is 0 Å². The number of guanidine groups is 1. The Morgan fingerprint density at radius 1 is 1.00 bits per heavy atom. The zero-order valence-electron chi connectivity index (χ0n) is 27.5. The summed E-state index contributed by atoms with van der Waals surface area (Å²) < 4.78 is 34.2. The number of nitrogens with zero attached hydrogens (tertiary/aromatic N) is 1. The van der Waals surface area contributed by atoms with Gasteiger partial charge in [-0.3, -0.25) is 19.4 Å². The smallest absolute Gasteiger partial charge is 0.317 e. The molecule has 4 aliphatic rings. The molecule has 276 valence electrons. The van der Waals surface area contributed by atoms with Crippen molar-refractivity contribution in [2.75, 3.05) is 27.1 Å². The second kappa shape index (κ2) is 14.6. The van der Waals surface area contributed by atoms with Gasteiger partial charge in [-0.2, -0.15) is 4.89 Å². The molecule has 0 amide bonds. The molecule has 0 aliphatic carbocycles. The number of rotatable bonds is 11. The highest BCUT2D eigenvalue weighted by Gasteiger charge is 2.49. The maximum absolute atomic E-state index is 11.8. The van der Waals surface area contributed by atoms with Crippen LogP contribution < -0.4 is 35.0 Å². The van der Waals surface area contributed by atoms with Gasteiger partial charge in [0.2, 0.25) is 12.8 Å². The van der Waals surface area contributed by atoms with Crippen molar-refractivity contribution in [1.82, 2.24) is 5.48 Å². The summed E-state index contributed by atoms with van der Waals surface area (Å²) in [5.41, 5.74) is 10.9. The zero-order valence-corrected chi connectivity index (χ0v) is 27.5. The summed E-state index contributed by atoms with van der Waals surface area (Å²) in [5.74, 6) is -0.291. The zero-order chi connectivity index (χ0) is 36.5. The number of carboxylic acids is 1. The average molecular weight is 726 g/mol. The van der Waals surface area contributed by atoms with E-state index >= 15 is 0 Å². The van der Waals surface area contributed by atoms with Gasteiger partial charge < -0.3 is 59.5 Å². The number of hydrogen-bond donors (Lipinski definition) is 6. The normalized spacial score (nSPS) is 25.5. The Hall–Kier alpha value is -5.53. The number of aromatic hydroxyl groups is 1. The van der Waals surface area contributed by atoms with E-state index in [1.165, 1.54) is 7.05 Å². The van der Waals surface area contributed by atoms with E-state index in [-0.39, 0.29) is 36.6 Å².